The highest BCUT2D eigenvalue weighted by Gasteiger charge is 2.03. The fourth-order valence-corrected chi connectivity index (χ4v) is 1.95. The summed E-state index contributed by atoms with van der Waals surface area (Å²) in [4.78, 5) is 13.6. The summed E-state index contributed by atoms with van der Waals surface area (Å²) in [5, 5.41) is 3.37. The lowest BCUT2D eigenvalue weighted by Gasteiger charge is -2.11. The fourth-order valence-electron chi connectivity index (χ4n) is 1.95. The summed E-state index contributed by atoms with van der Waals surface area (Å²) in [6.07, 6.45) is 1.03. The second-order valence-electron chi connectivity index (χ2n) is 4.66. The van der Waals surface area contributed by atoms with Gasteiger partial charge in [-0.3, -0.25) is 4.98 Å². The quantitative estimate of drug-likeness (QED) is 0.718. The first-order valence-corrected chi connectivity index (χ1v) is 6.21. The summed E-state index contributed by atoms with van der Waals surface area (Å²) in [5.41, 5.74) is 7.95. The van der Waals surface area contributed by atoms with E-state index in [-0.39, 0.29) is 0 Å². The van der Waals surface area contributed by atoms with Crippen LogP contribution >= 0.6 is 0 Å². The average Bonchev–Trinajstić information content (AvgIpc) is 2.69. The molecule has 0 fully saturated rings. The predicted molar refractivity (Wildman–Crippen MR) is 71.4 cm³/mol. The molecule has 0 radical (unpaired) electrons. The highest BCUT2D eigenvalue weighted by atomic mass is 16.4. The monoisotopic (exact) mass is 249 g/mol. The number of nitrogens with one attached hydrogen (secondary N) is 2. The second-order valence-corrected chi connectivity index (χ2v) is 4.66. The van der Waals surface area contributed by atoms with E-state index in [1.54, 1.807) is 0 Å². The number of aromatic amines is 1. The molecule has 1 aromatic heterocycles. The normalized spacial score (nSPS) is 13.0. The molecule has 4 N–H and O–H groups in total. The minimum absolute atomic E-state index is 0.410. The van der Waals surface area contributed by atoms with Gasteiger partial charge >= 0.3 is 5.76 Å². The molecule has 5 nitrogen and oxygen atoms in total. The molecule has 1 unspecified atom stereocenters. The highest BCUT2D eigenvalue weighted by molar-refractivity contribution is 5.72. The number of nitrogens with two attached hydrogens (primary N) is 1. The Kier molecular flexibility index (Phi) is 4.17. The number of benzene rings is 1. The molecular weight excluding hydrogens is 230 g/mol. The van der Waals surface area contributed by atoms with Gasteiger partial charge in [-0.25, -0.2) is 4.79 Å². The Morgan fingerprint density at radius 1 is 1.50 bits per heavy atom. The van der Waals surface area contributed by atoms with Gasteiger partial charge < -0.3 is 15.5 Å². The predicted octanol–water partition coefficient (Wildman–Crippen LogP) is 1.20. The lowest BCUT2D eigenvalue weighted by molar-refractivity contribution is 0.486. The molecule has 2 rings (SSSR count). The number of hydrogen-bond acceptors (Lipinski definition) is 4. The standard InChI is InChI=1S/C13H19N3O2/c1-9(4-5-14)7-15-8-10-2-3-11-12(6-10)18-13(17)16-11/h2-3,6,9,15H,4-5,7-8,14H2,1H3,(H,16,17). The van der Waals surface area contributed by atoms with Gasteiger partial charge in [-0.1, -0.05) is 13.0 Å². The second kappa shape index (κ2) is 5.84. The molecule has 18 heavy (non-hydrogen) atoms. The summed E-state index contributed by atoms with van der Waals surface area (Å²) in [6, 6.07) is 5.72. The van der Waals surface area contributed by atoms with Gasteiger partial charge in [-0.15, -0.1) is 0 Å². The molecule has 0 saturated heterocycles. The molecule has 0 saturated carbocycles. The van der Waals surface area contributed by atoms with Crippen molar-refractivity contribution in [3.63, 3.8) is 0 Å². The maximum atomic E-state index is 11.0. The van der Waals surface area contributed by atoms with E-state index in [2.05, 4.69) is 17.2 Å². The molecule has 2 aromatic rings. The Hall–Kier alpha value is -1.59. The average molecular weight is 249 g/mol. The third kappa shape index (κ3) is 3.21. The first kappa shape index (κ1) is 12.9. The lowest BCUT2D eigenvalue weighted by Crippen LogP contribution is -2.22. The van der Waals surface area contributed by atoms with Gasteiger partial charge in [0, 0.05) is 6.54 Å². The molecule has 1 heterocycles. The number of H-pyrrole nitrogens is 1. The van der Waals surface area contributed by atoms with Gasteiger partial charge in [0.15, 0.2) is 5.58 Å². The van der Waals surface area contributed by atoms with Gasteiger partial charge in [0.05, 0.1) is 5.52 Å². The van der Waals surface area contributed by atoms with Crippen molar-refractivity contribution in [3.05, 3.63) is 34.3 Å². The van der Waals surface area contributed by atoms with Crippen molar-refractivity contribution in [3.8, 4) is 0 Å². The van der Waals surface area contributed by atoms with E-state index in [1.165, 1.54) is 0 Å². The fraction of sp³-hybridized carbons (Fsp3) is 0.462. The number of fused-ring (bicyclic) bond motifs is 1. The van der Waals surface area contributed by atoms with Crippen LogP contribution in [0.2, 0.25) is 0 Å². The van der Waals surface area contributed by atoms with Crippen LogP contribution in [0.3, 0.4) is 0 Å². The maximum absolute atomic E-state index is 11.0. The molecule has 0 aliphatic carbocycles. The molecular formula is C13H19N3O2. The van der Waals surface area contributed by atoms with Crippen molar-refractivity contribution in [2.24, 2.45) is 11.7 Å². The molecule has 1 aromatic carbocycles. The number of oxazole rings is 1. The summed E-state index contributed by atoms with van der Waals surface area (Å²) in [5.74, 6) is 0.163. The van der Waals surface area contributed by atoms with Crippen molar-refractivity contribution in [1.29, 1.82) is 0 Å². The van der Waals surface area contributed by atoms with Gasteiger partial charge in [-0.2, -0.15) is 0 Å². The molecule has 5 heteroatoms. The van der Waals surface area contributed by atoms with Crippen LogP contribution in [0.5, 0.6) is 0 Å². The zero-order chi connectivity index (χ0) is 13.0. The first-order chi connectivity index (χ1) is 8.69. The van der Waals surface area contributed by atoms with Crippen LogP contribution < -0.4 is 16.8 Å². The lowest BCUT2D eigenvalue weighted by atomic mass is 10.1. The molecule has 0 aliphatic heterocycles. The molecule has 0 aliphatic rings. The Labute approximate surface area is 105 Å². The van der Waals surface area contributed by atoms with Gasteiger partial charge in [0.2, 0.25) is 0 Å². The third-order valence-electron chi connectivity index (χ3n) is 2.97. The van der Waals surface area contributed by atoms with E-state index < -0.39 is 5.76 Å². The van der Waals surface area contributed by atoms with Crippen LogP contribution in [0, 0.1) is 5.92 Å². The van der Waals surface area contributed by atoms with E-state index in [0.717, 1.165) is 37.1 Å². The topological polar surface area (TPSA) is 84.0 Å². The Balaban J connectivity index is 1.93. The van der Waals surface area contributed by atoms with E-state index in [9.17, 15) is 4.79 Å². The molecule has 0 amide bonds. The van der Waals surface area contributed by atoms with Crippen molar-refractivity contribution in [1.82, 2.24) is 10.3 Å². The summed E-state index contributed by atoms with van der Waals surface area (Å²) in [6.45, 7) is 4.60. The van der Waals surface area contributed by atoms with Crippen LogP contribution in [0.4, 0.5) is 0 Å². The summed E-state index contributed by atoms with van der Waals surface area (Å²) >= 11 is 0. The smallest absolute Gasteiger partial charge is 0.408 e. The van der Waals surface area contributed by atoms with Gasteiger partial charge in [0.25, 0.3) is 0 Å². The van der Waals surface area contributed by atoms with E-state index in [1.807, 2.05) is 18.2 Å². The van der Waals surface area contributed by atoms with Gasteiger partial charge in [0.1, 0.15) is 0 Å². The molecule has 0 spiro atoms. The van der Waals surface area contributed by atoms with Crippen molar-refractivity contribution in [2.45, 2.75) is 19.9 Å². The number of hydrogen-bond donors (Lipinski definition) is 3. The minimum Gasteiger partial charge on any atom is -0.408 e. The Bertz CT molecular complexity index is 559. The van der Waals surface area contributed by atoms with Crippen LogP contribution in [0.15, 0.2) is 27.4 Å². The zero-order valence-electron chi connectivity index (χ0n) is 10.5. The SMILES string of the molecule is CC(CCN)CNCc1ccc2[nH]c(=O)oc2c1. The Morgan fingerprint density at radius 3 is 3.11 bits per heavy atom. The van der Waals surface area contributed by atoms with E-state index in [4.69, 9.17) is 10.2 Å². The van der Waals surface area contributed by atoms with Gasteiger partial charge in [-0.05, 0) is 43.1 Å². The van der Waals surface area contributed by atoms with Crippen molar-refractivity contribution in [2.75, 3.05) is 13.1 Å². The number of rotatable bonds is 6. The Morgan fingerprint density at radius 2 is 2.33 bits per heavy atom. The maximum Gasteiger partial charge on any atom is 0.417 e. The van der Waals surface area contributed by atoms with Crippen LogP contribution in [-0.2, 0) is 6.54 Å². The molecule has 1 atom stereocenters. The molecule has 0 bridgehead atoms. The van der Waals surface area contributed by atoms with Crippen LogP contribution in [0.25, 0.3) is 11.1 Å². The summed E-state index contributed by atoms with van der Waals surface area (Å²) in [7, 11) is 0. The molecule has 98 valence electrons. The highest BCUT2D eigenvalue weighted by Crippen LogP contribution is 2.12. The van der Waals surface area contributed by atoms with E-state index in [0.29, 0.717) is 11.5 Å². The van der Waals surface area contributed by atoms with E-state index >= 15 is 0 Å². The summed E-state index contributed by atoms with van der Waals surface area (Å²) < 4.78 is 5.02. The minimum atomic E-state index is -0.410. The van der Waals surface area contributed by atoms with Crippen molar-refractivity contribution < 1.29 is 4.42 Å². The van der Waals surface area contributed by atoms with Crippen LogP contribution in [0.1, 0.15) is 18.9 Å². The van der Waals surface area contributed by atoms with Crippen LogP contribution in [-0.4, -0.2) is 18.1 Å². The zero-order valence-corrected chi connectivity index (χ0v) is 10.5. The van der Waals surface area contributed by atoms with Crippen molar-refractivity contribution >= 4 is 11.1 Å². The third-order valence-corrected chi connectivity index (χ3v) is 2.97. The number of aromatic nitrogens is 1. The first-order valence-electron chi connectivity index (χ1n) is 6.21. The largest absolute Gasteiger partial charge is 0.417 e.